The number of benzene rings is 2. The molecule has 4 aromatic rings. The molecular formula is C23H20Cl2N4O. The number of halogens is 2. The van der Waals surface area contributed by atoms with Crippen molar-refractivity contribution in [3.63, 3.8) is 0 Å². The third-order valence-electron chi connectivity index (χ3n) is 5.34. The van der Waals surface area contributed by atoms with Gasteiger partial charge in [-0.15, -0.1) is 0 Å². The number of hydrogen-bond donors (Lipinski definition) is 0. The molecule has 0 N–H and O–H groups in total. The predicted molar refractivity (Wildman–Crippen MR) is 120 cm³/mol. The highest BCUT2D eigenvalue weighted by atomic mass is 35.5. The Morgan fingerprint density at radius 2 is 1.80 bits per heavy atom. The Hall–Kier alpha value is -2.44. The van der Waals surface area contributed by atoms with Gasteiger partial charge >= 0.3 is 0 Å². The van der Waals surface area contributed by atoms with Gasteiger partial charge < -0.3 is 4.74 Å². The summed E-state index contributed by atoms with van der Waals surface area (Å²) in [5, 5.41) is 1.20. The molecule has 1 aliphatic rings. The van der Waals surface area contributed by atoms with Gasteiger partial charge in [0.15, 0.2) is 5.65 Å². The highest BCUT2D eigenvalue weighted by molar-refractivity contribution is 6.36. The first-order chi connectivity index (χ1) is 14.7. The first kappa shape index (κ1) is 19.5. The monoisotopic (exact) mass is 438 g/mol. The Morgan fingerprint density at radius 1 is 1.00 bits per heavy atom. The number of fused-ring (bicyclic) bond motifs is 1. The molecule has 0 aliphatic carbocycles. The van der Waals surface area contributed by atoms with Crippen LogP contribution in [0, 0.1) is 0 Å². The van der Waals surface area contributed by atoms with Crippen LogP contribution in [0.2, 0.25) is 10.0 Å². The van der Waals surface area contributed by atoms with Crippen molar-refractivity contribution in [1.29, 1.82) is 0 Å². The van der Waals surface area contributed by atoms with Crippen LogP contribution in [0.4, 0.5) is 0 Å². The first-order valence-corrected chi connectivity index (χ1v) is 10.6. The summed E-state index contributed by atoms with van der Waals surface area (Å²) in [6, 6.07) is 15.7. The molecule has 0 unspecified atom stereocenters. The van der Waals surface area contributed by atoms with Crippen molar-refractivity contribution in [2.24, 2.45) is 0 Å². The van der Waals surface area contributed by atoms with Crippen molar-refractivity contribution in [2.45, 2.75) is 6.54 Å². The molecule has 0 spiro atoms. The van der Waals surface area contributed by atoms with Gasteiger partial charge in [0.2, 0.25) is 0 Å². The Morgan fingerprint density at radius 3 is 2.57 bits per heavy atom. The van der Waals surface area contributed by atoms with Gasteiger partial charge in [0, 0.05) is 42.0 Å². The van der Waals surface area contributed by atoms with E-state index in [1.165, 1.54) is 0 Å². The number of morpholine rings is 1. The van der Waals surface area contributed by atoms with Crippen LogP contribution in [0.25, 0.3) is 28.2 Å². The fourth-order valence-corrected chi connectivity index (χ4v) is 4.28. The fourth-order valence-electron chi connectivity index (χ4n) is 3.78. The van der Waals surface area contributed by atoms with Gasteiger partial charge in [0.25, 0.3) is 0 Å². The summed E-state index contributed by atoms with van der Waals surface area (Å²) in [5.74, 6) is 0. The number of imidazole rings is 1. The molecule has 0 amide bonds. The third-order valence-corrected chi connectivity index (χ3v) is 5.89. The number of aromatic nitrogens is 3. The molecular weight excluding hydrogens is 419 g/mol. The van der Waals surface area contributed by atoms with Crippen LogP contribution in [0.5, 0.6) is 0 Å². The van der Waals surface area contributed by atoms with E-state index in [0.717, 1.165) is 66.7 Å². The quantitative estimate of drug-likeness (QED) is 0.438. The second-order valence-electron chi connectivity index (χ2n) is 7.29. The largest absolute Gasteiger partial charge is 0.379 e. The van der Waals surface area contributed by atoms with E-state index >= 15 is 0 Å². The molecule has 5 rings (SSSR count). The maximum atomic E-state index is 6.55. The van der Waals surface area contributed by atoms with Crippen molar-refractivity contribution < 1.29 is 4.74 Å². The smallest absolute Gasteiger partial charge is 0.156 e. The number of rotatable bonds is 4. The topological polar surface area (TPSA) is 42.7 Å². The normalized spacial score (nSPS) is 15.0. The lowest BCUT2D eigenvalue weighted by atomic mass is 10.1. The highest BCUT2D eigenvalue weighted by Crippen LogP contribution is 2.33. The Kier molecular flexibility index (Phi) is 5.44. The Balaban J connectivity index is 1.67. The van der Waals surface area contributed by atoms with Crippen LogP contribution in [-0.4, -0.2) is 45.6 Å². The molecule has 5 nitrogen and oxygen atoms in total. The van der Waals surface area contributed by atoms with Gasteiger partial charge in [0.05, 0.1) is 41.5 Å². The van der Waals surface area contributed by atoms with Crippen LogP contribution < -0.4 is 0 Å². The fraction of sp³-hybridized carbons (Fsp3) is 0.217. The first-order valence-electron chi connectivity index (χ1n) is 9.87. The molecule has 0 radical (unpaired) electrons. The van der Waals surface area contributed by atoms with E-state index in [4.69, 9.17) is 32.9 Å². The Labute approximate surface area is 184 Å². The average molecular weight is 439 g/mol. The average Bonchev–Trinajstić information content (AvgIpc) is 3.12. The van der Waals surface area contributed by atoms with Gasteiger partial charge in [-0.05, 0) is 18.2 Å². The molecule has 1 aliphatic heterocycles. The summed E-state index contributed by atoms with van der Waals surface area (Å²) in [5.41, 5.74) is 5.56. The minimum Gasteiger partial charge on any atom is -0.379 e. The number of nitrogens with zero attached hydrogens (tertiary/aromatic N) is 4. The van der Waals surface area contributed by atoms with E-state index in [2.05, 4.69) is 32.6 Å². The lowest BCUT2D eigenvalue weighted by Crippen LogP contribution is -2.36. The van der Waals surface area contributed by atoms with Crippen LogP contribution in [0.1, 0.15) is 5.69 Å². The van der Waals surface area contributed by atoms with Crippen molar-refractivity contribution in [3.05, 3.63) is 76.7 Å². The van der Waals surface area contributed by atoms with Gasteiger partial charge in [0.1, 0.15) is 0 Å². The Bertz CT molecular complexity index is 1190. The van der Waals surface area contributed by atoms with Crippen molar-refractivity contribution in [3.8, 4) is 22.5 Å². The summed E-state index contributed by atoms with van der Waals surface area (Å²) >= 11 is 12.7. The zero-order valence-corrected chi connectivity index (χ0v) is 17.8. The zero-order chi connectivity index (χ0) is 20.5. The van der Waals surface area contributed by atoms with Crippen LogP contribution >= 0.6 is 23.2 Å². The van der Waals surface area contributed by atoms with Crippen molar-refractivity contribution in [1.82, 2.24) is 19.3 Å². The zero-order valence-electron chi connectivity index (χ0n) is 16.3. The predicted octanol–water partition coefficient (Wildman–Crippen LogP) is 5.20. The van der Waals surface area contributed by atoms with E-state index < -0.39 is 0 Å². The molecule has 1 fully saturated rings. The van der Waals surface area contributed by atoms with E-state index in [1.54, 1.807) is 6.07 Å². The number of hydrogen-bond acceptors (Lipinski definition) is 4. The van der Waals surface area contributed by atoms with Crippen molar-refractivity contribution in [2.75, 3.05) is 26.3 Å². The van der Waals surface area contributed by atoms with E-state index in [-0.39, 0.29) is 0 Å². The minimum absolute atomic E-state index is 0.588. The molecule has 0 saturated carbocycles. The molecule has 0 bridgehead atoms. The highest BCUT2D eigenvalue weighted by Gasteiger charge is 2.21. The van der Waals surface area contributed by atoms with Gasteiger partial charge in [-0.1, -0.05) is 53.5 Å². The molecule has 2 aromatic carbocycles. The summed E-state index contributed by atoms with van der Waals surface area (Å²) in [6.07, 6.45) is 3.87. The van der Waals surface area contributed by atoms with Crippen LogP contribution in [0.15, 0.2) is 60.9 Å². The lowest BCUT2D eigenvalue weighted by Gasteiger charge is -2.26. The van der Waals surface area contributed by atoms with Gasteiger partial charge in [-0.3, -0.25) is 14.3 Å². The summed E-state index contributed by atoms with van der Waals surface area (Å²) in [6.45, 7) is 4.00. The minimum atomic E-state index is 0.588. The summed E-state index contributed by atoms with van der Waals surface area (Å²) < 4.78 is 7.65. The summed E-state index contributed by atoms with van der Waals surface area (Å²) in [7, 11) is 0. The lowest BCUT2D eigenvalue weighted by molar-refractivity contribution is 0.0336. The second kappa shape index (κ2) is 8.36. The van der Waals surface area contributed by atoms with Crippen molar-refractivity contribution >= 4 is 28.8 Å². The molecule has 1 saturated heterocycles. The molecule has 7 heteroatoms. The maximum Gasteiger partial charge on any atom is 0.156 e. The second-order valence-corrected chi connectivity index (χ2v) is 8.13. The molecule has 152 valence electrons. The van der Waals surface area contributed by atoms with Gasteiger partial charge in [-0.25, -0.2) is 4.98 Å². The SMILES string of the molecule is Clc1ccc(-c2nc3cnc(-c4ccccc4)cn3c2CN2CCOCC2)c(Cl)c1. The van der Waals surface area contributed by atoms with Crippen LogP contribution in [-0.2, 0) is 11.3 Å². The van der Waals surface area contributed by atoms with Crippen LogP contribution in [0.3, 0.4) is 0 Å². The molecule has 30 heavy (non-hydrogen) atoms. The molecule has 0 atom stereocenters. The van der Waals surface area contributed by atoms with E-state index in [9.17, 15) is 0 Å². The summed E-state index contributed by atoms with van der Waals surface area (Å²) in [4.78, 5) is 11.9. The molecule has 3 heterocycles. The standard InChI is InChI=1S/C23H20Cl2N4O/c24-17-6-7-18(19(25)12-17)23-21(15-28-8-10-30-11-9-28)29-14-20(26-13-22(29)27-23)16-4-2-1-3-5-16/h1-7,12-14H,8-11,15H2. The van der Waals surface area contributed by atoms with Gasteiger partial charge in [-0.2, -0.15) is 0 Å². The maximum absolute atomic E-state index is 6.55. The number of ether oxygens (including phenoxy) is 1. The van der Waals surface area contributed by atoms with E-state index in [0.29, 0.717) is 10.0 Å². The third kappa shape index (κ3) is 3.82. The van der Waals surface area contributed by atoms with E-state index in [1.807, 2.05) is 36.5 Å². The molecule has 2 aromatic heterocycles.